The van der Waals surface area contributed by atoms with E-state index in [2.05, 4.69) is 10.6 Å². The van der Waals surface area contributed by atoms with E-state index in [1.807, 2.05) is 0 Å². The van der Waals surface area contributed by atoms with E-state index in [-0.39, 0.29) is 61.6 Å². The van der Waals surface area contributed by atoms with Crippen molar-refractivity contribution in [2.24, 2.45) is 14.1 Å². The molecule has 0 bridgehead atoms. The summed E-state index contributed by atoms with van der Waals surface area (Å²) in [4.78, 5) is 72.2. The Labute approximate surface area is 460 Å². The Hall–Kier alpha value is -5.08. The third-order valence-corrected chi connectivity index (χ3v) is 17.2. The predicted octanol–water partition coefficient (Wildman–Crippen LogP) is 5.12. The maximum absolute atomic E-state index is 13.3. The molecule has 6 rings (SSSR count). The number of carboxylic acids is 1. The van der Waals surface area contributed by atoms with Gasteiger partial charge in [0.25, 0.3) is 11.8 Å². The summed E-state index contributed by atoms with van der Waals surface area (Å²) in [6.45, 7) is 3.94. The van der Waals surface area contributed by atoms with Gasteiger partial charge in [-0.3, -0.25) is 24.0 Å². The number of carboxylic acid groups (broad SMARTS) is 1. The van der Waals surface area contributed by atoms with E-state index in [0.29, 0.717) is 64.5 Å². The number of aryl methyl sites for hydroxylation is 2. The van der Waals surface area contributed by atoms with Crippen LogP contribution in [-0.4, -0.2) is 119 Å². The van der Waals surface area contributed by atoms with Crippen molar-refractivity contribution in [3.05, 3.63) is 139 Å². The molecule has 392 valence electrons. The van der Waals surface area contributed by atoms with Crippen molar-refractivity contribution < 1.29 is 75.0 Å². The van der Waals surface area contributed by atoms with Gasteiger partial charge in [0.1, 0.15) is 34.5 Å². The maximum atomic E-state index is 13.3. The van der Waals surface area contributed by atoms with E-state index in [1.165, 1.54) is 47.0 Å². The summed E-state index contributed by atoms with van der Waals surface area (Å²) in [6, 6.07) is 21.6. The number of nitrogens with zero attached hydrogens (tertiary/aromatic N) is 4. The van der Waals surface area contributed by atoms with Gasteiger partial charge in [0.15, 0.2) is 5.78 Å². The molecule has 6 aromatic rings. The molecule has 25 heteroatoms. The molecule has 0 aliphatic rings. The van der Waals surface area contributed by atoms with Crippen LogP contribution in [0.3, 0.4) is 0 Å². The summed E-state index contributed by atoms with van der Waals surface area (Å²) in [5.74, 6) is -4.17. The Morgan fingerprint density at radius 1 is 0.581 bits per heavy atom. The fourth-order valence-corrected chi connectivity index (χ4v) is 10.7. The number of rotatable bonds is 20. The fraction of sp³-hybridized carbons (Fsp3) is 0.306. The quantitative estimate of drug-likeness (QED) is 0.0665. The number of fused-ring (bicyclic) bond motifs is 2. The van der Waals surface area contributed by atoms with Gasteiger partial charge in [0.2, 0.25) is 20.0 Å². The first-order chi connectivity index (χ1) is 33.6. The van der Waals surface area contributed by atoms with E-state index in [1.54, 1.807) is 96.0 Å². The van der Waals surface area contributed by atoms with Crippen molar-refractivity contribution in [2.45, 2.75) is 45.7 Å². The van der Waals surface area contributed by atoms with Crippen LogP contribution in [0.1, 0.15) is 98.5 Å². The monoisotopic (exact) mass is 1130 g/mol. The molecule has 0 aliphatic heterocycles. The molecule has 0 saturated carbocycles. The van der Waals surface area contributed by atoms with Gasteiger partial charge in [-0.15, -0.1) is 0 Å². The van der Waals surface area contributed by atoms with Crippen LogP contribution < -0.4 is 29.5 Å². The number of halogens is 4. The average molecular weight is 1130 g/mol. The summed E-state index contributed by atoms with van der Waals surface area (Å²) >= 11 is 24.9. The van der Waals surface area contributed by atoms with E-state index < -0.39 is 73.0 Å². The average Bonchev–Trinajstić information content (AvgIpc) is 3.84. The first-order valence-electron chi connectivity index (χ1n) is 21.9. The number of hydrogen-bond donors (Lipinski definition) is 3. The van der Waals surface area contributed by atoms with Gasteiger partial charge >= 0.3 is 24.8 Å². The molecule has 74 heavy (non-hydrogen) atoms. The number of Topliss-reactive ketones (excluding diaryl/α,β-unsaturated/α-hetero) is 3. The molecule has 2 unspecified atom stereocenters. The molecule has 0 aliphatic carbocycles. The largest absolute Gasteiger partial charge is 1.00 e. The molecule has 0 saturated heterocycles. The maximum Gasteiger partial charge on any atom is 1.00 e. The van der Waals surface area contributed by atoms with E-state index in [4.69, 9.17) is 46.4 Å². The summed E-state index contributed by atoms with van der Waals surface area (Å²) in [7, 11) is -1.38. The predicted molar refractivity (Wildman–Crippen MR) is 282 cm³/mol. The molecular formula is C49H53Cl4LiN6O12S2. The number of carbonyl (C=O) groups is 6. The standard InChI is InChI=1S/C25H27Cl2N3O5S.C24H25Cl2N3O6S.Li.H2O/c1-15(31)14-36(34,35)29(3)12-11-21(18-7-5-17(6-8-18)16(2)32)28-25(33)23-13-19-22(30(23)4)10-9-20(26)24(19)27;1-14(30)13-36(34,35)28(2)11-10-19(15-4-6-16(7-5-15)24(32)33)27-23(31)21-12-17-20(29(21)3)9-8-18(25)22(17)26;;/h5-10,13,21H,11-12,14H2,1-4H3,(H,28,33);4-9,12,19H,10-11,13H2,1-3H3,(H,27,31)(H,32,33);;1H2/q;;+1;/p-1. The van der Waals surface area contributed by atoms with Crippen molar-refractivity contribution in [3.8, 4) is 0 Å². The Morgan fingerprint density at radius 3 is 1.23 bits per heavy atom. The Balaban J connectivity index is 0.000000380. The number of nitrogens with one attached hydrogen (secondary N) is 2. The second-order valence-corrected chi connectivity index (χ2v) is 22.8. The number of ketones is 3. The van der Waals surface area contributed by atoms with Crippen molar-refractivity contribution in [1.29, 1.82) is 0 Å². The smallest absolute Gasteiger partial charge is 0.870 e. The van der Waals surface area contributed by atoms with Crippen LogP contribution in [0.4, 0.5) is 0 Å². The normalized spacial score (nSPS) is 12.3. The summed E-state index contributed by atoms with van der Waals surface area (Å²) in [5, 5.41) is 17.7. The van der Waals surface area contributed by atoms with E-state index in [9.17, 15) is 50.7 Å². The molecule has 18 nitrogen and oxygen atoms in total. The van der Waals surface area contributed by atoms with Crippen LogP contribution in [0.15, 0.2) is 84.9 Å². The number of amides is 2. The minimum atomic E-state index is -3.81. The first kappa shape index (κ1) is 63.2. The molecule has 4 N–H and O–H groups in total. The van der Waals surface area contributed by atoms with Crippen LogP contribution in [0.5, 0.6) is 0 Å². The summed E-state index contributed by atoms with van der Waals surface area (Å²) in [5.41, 5.74) is 3.96. The van der Waals surface area contributed by atoms with Gasteiger partial charge in [0.05, 0.1) is 37.7 Å². The number of sulfonamides is 2. The number of carbonyl (C=O) groups excluding carboxylic acids is 5. The topological polar surface area (TPSA) is 261 Å². The van der Waals surface area contributed by atoms with Crippen molar-refractivity contribution >= 4 is 123 Å². The molecule has 4 aromatic carbocycles. The Bertz CT molecular complexity index is 3100. The molecule has 0 radical (unpaired) electrons. The van der Waals surface area contributed by atoms with Crippen molar-refractivity contribution in [3.63, 3.8) is 0 Å². The summed E-state index contributed by atoms with van der Waals surface area (Å²) < 4.78 is 55.1. The summed E-state index contributed by atoms with van der Waals surface area (Å²) in [6.07, 6.45) is 0.400. The van der Waals surface area contributed by atoms with Crippen molar-refractivity contribution in [2.75, 3.05) is 38.7 Å². The van der Waals surface area contributed by atoms with E-state index >= 15 is 0 Å². The Morgan fingerprint density at radius 2 is 0.919 bits per heavy atom. The number of aromatic nitrogens is 2. The number of benzene rings is 4. The van der Waals surface area contributed by atoms with Crippen LogP contribution in [0.25, 0.3) is 21.8 Å². The fourth-order valence-electron chi connectivity index (χ4n) is 7.69. The molecule has 0 fully saturated rings. The van der Waals surface area contributed by atoms with Gasteiger partial charge in [-0.25, -0.2) is 30.2 Å². The van der Waals surface area contributed by atoms with Gasteiger partial charge in [-0.2, -0.15) is 0 Å². The number of hydrogen-bond acceptors (Lipinski definition) is 11. The van der Waals surface area contributed by atoms with Gasteiger partial charge in [-0.1, -0.05) is 82.8 Å². The van der Waals surface area contributed by atoms with E-state index in [0.717, 1.165) is 14.1 Å². The minimum absolute atomic E-state index is 0. The third-order valence-electron chi connectivity index (χ3n) is 11.8. The molecule has 2 amide bonds. The van der Waals surface area contributed by atoms with Gasteiger partial charge in [-0.05, 0) is 93.3 Å². The Kier molecular flexibility index (Phi) is 22.7. The van der Waals surface area contributed by atoms with Crippen LogP contribution in [-0.2, 0) is 43.7 Å². The van der Waals surface area contributed by atoms with Gasteiger partial charge < -0.3 is 30.4 Å². The molecule has 2 atom stereocenters. The molecule has 2 heterocycles. The second kappa shape index (κ2) is 26.6. The van der Waals surface area contributed by atoms with Gasteiger partial charge in [0, 0.05) is 68.6 Å². The minimum Gasteiger partial charge on any atom is -0.870 e. The molecule has 0 spiro atoms. The zero-order valence-corrected chi connectivity index (χ0v) is 46.2. The number of aromatic carboxylic acids is 1. The molecular weight excluding hydrogens is 1080 g/mol. The van der Waals surface area contributed by atoms with Crippen LogP contribution >= 0.6 is 46.4 Å². The van der Waals surface area contributed by atoms with Crippen molar-refractivity contribution in [1.82, 2.24) is 28.4 Å². The zero-order chi connectivity index (χ0) is 53.6. The first-order valence-corrected chi connectivity index (χ1v) is 26.7. The molecule has 2 aromatic heterocycles. The second-order valence-electron chi connectivity index (χ2n) is 17.1. The zero-order valence-electron chi connectivity index (χ0n) is 41.6. The van der Waals surface area contributed by atoms with Crippen LogP contribution in [0.2, 0.25) is 20.1 Å². The third kappa shape index (κ3) is 15.5. The van der Waals surface area contributed by atoms with Crippen LogP contribution in [0, 0.1) is 0 Å². The SMILES string of the molecule is CC(=O)CS(=O)(=O)N(C)CCC(NC(=O)c1cc2c(Cl)c(Cl)ccc2n1C)c1ccc(C(=O)O)cc1.CC(=O)CS(=O)(=O)N(C)CCC(NC(=O)c1cc2c(Cl)c(Cl)ccc2n1C)c1ccc(C(C)=O)cc1.[Li+].[OH-].